The van der Waals surface area contributed by atoms with Crippen LogP contribution in [0.3, 0.4) is 0 Å². The van der Waals surface area contributed by atoms with Crippen molar-refractivity contribution in [3.05, 3.63) is 64.1 Å². The Balaban J connectivity index is 1.75. The molecule has 118 valence electrons. The molecule has 0 saturated carbocycles. The summed E-state index contributed by atoms with van der Waals surface area (Å²) in [4.78, 5) is 13.5. The van der Waals surface area contributed by atoms with Gasteiger partial charge in [-0.2, -0.15) is 0 Å². The van der Waals surface area contributed by atoms with Gasteiger partial charge < -0.3 is 5.32 Å². The second-order valence-electron chi connectivity index (χ2n) is 5.29. The lowest BCUT2D eigenvalue weighted by Crippen LogP contribution is -2.32. The highest BCUT2D eigenvalue weighted by Gasteiger charge is 2.18. The third kappa shape index (κ3) is 4.01. The number of hydrogen-bond acceptors (Lipinski definition) is 5. The molecule has 0 aliphatic rings. The van der Waals surface area contributed by atoms with Crippen LogP contribution in [0.25, 0.3) is 0 Å². The van der Waals surface area contributed by atoms with Crippen LogP contribution >= 0.6 is 11.3 Å². The first-order valence-electron chi connectivity index (χ1n) is 7.30. The molecule has 1 atom stereocenters. The zero-order valence-electron chi connectivity index (χ0n) is 12.7. The van der Waals surface area contributed by atoms with E-state index in [4.69, 9.17) is 0 Å². The van der Waals surface area contributed by atoms with Crippen molar-refractivity contribution in [2.24, 2.45) is 0 Å². The minimum atomic E-state index is -0.106. The highest BCUT2D eigenvalue weighted by Crippen LogP contribution is 2.27. The number of benzene rings is 1. The summed E-state index contributed by atoms with van der Waals surface area (Å²) in [6, 6.07) is 12.2. The Bertz CT molecular complexity index is 754. The van der Waals surface area contributed by atoms with Gasteiger partial charge in [0.2, 0.25) is 5.91 Å². The maximum Gasteiger partial charge on any atom is 0.242 e. The Labute approximate surface area is 138 Å². The number of hydrogen-bond donors (Lipinski definition) is 1. The Morgan fingerprint density at radius 3 is 2.78 bits per heavy atom. The number of carbonyl (C=O) groups excluding carboxylic acids is 1. The van der Waals surface area contributed by atoms with Crippen LogP contribution in [0.1, 0.15) is 22.0 Å². The third-order valence-corrected chi connectivity index (χ3v) is 4.67. The van der Waals surface area contributed by atoms with E-state index in [0.717, 1.165) is 6.42 Å². The first kappa shape index (κ1) is 15.4. The number of tetrazole rings is 1. The van der Waals surface area contributed by atoms with E-state index in [1.54, 1.807) is 11.3 Å². The van der Waals surface area contributed by atoms with Crippen molar-refractivity contribution in [2.75, 3.05) is 0 Å². The van der Waals surface area contributed by atoms with Gasteiger partial charge in [-0.25, -0.2) is 4.68 Å². The van der Waals surface area contributed by atoms with Crippen molar-refractivity contribution in [3.8, 4) is 0 Å². The molecule has 2 aromatic heterocycles. The largest absolute Gasteiger partial charge is 0.347 e. The molecule has 1 amide bonds. The van der Waals surface area contributed by atoms with Crippen molar-refractivity contribution in [1.82, 2.24) is 25.5 Å². The van der Waals surface area contributed by atoms with Crippen molar-refractivity contribution >= 4 is 17.2 Å². The highest BCUT2D eigenvalue weighted by atomic mass is 32.1. The standard InChI is InChI=1S/C16H17N5OS/c1-12-7-8-23-16(12)14(9-13-5-3-2-4-6-13)18-15(22)10-21-11-17-19-20-21/h2-8,11,14H,9-10H2,1H3,(H,18,22). The summed E-state index contributed by atoms with van der Waals surface area (Å²) in [7, 11) is 0. The quantitative estimate of drug-likeness (QED) is 0.753. The van der Waals surface area contributed by atoms with Crippen molar-refractivity contribution in [2.45, 2.75) is 25.9 Å². The third-order valence-electron chi connectivity index (χ3n) is 3.53. The average molecular weight is 327 g/mol. The van der Waals surface area contributed by atoms with Crippen LogP contribution < -0.4 is 5.32 Å². The Kier molecular flexibility index (Phi) is 4.77. The molecule has 0 fully saturated rings. The van der Waals surface area contributed by atoms with E-state index in [-0.39, 0.29) is 18.5 Å². The average Bonchev–Trinajstić information content (AvgIpc) is 3.19. The van der Waals surface area contributed by atoms with Gasteiger partial charge in [-0.3, -0.25) is 4.79 Å². The maximum atomic E-state index is 12.3. The number of aromatic nitrogens is 4. The molecule has 23 heavy (non-hydrogen) atoms. The van der Waals surface area contributed by atoms with Gasteiger partial charge in [0.25, 0.3) is 0 Å². The van der Waals surface area contributed by atoms with Gasteiger partial charge in [0.1, 0.15) is 12.9 Å². The van der Waals surface area contributed by atoms with Crippen molar-refractivity contribution in [3.63, 3.8) is 0 Å². The monoisotopic (exact) mass is 327 g/mol. The van der Waals surface area contributed by atoms with Crippen LogP contribution in [0, 0.1) is 6.92 Å². The van der Waals surface area contributed by atoms with Crippen LogP contribution in [0.5, 0.6) is 0 Å². The molecule has 0 radical (unpaired) electrons. The van der Waals surface area contributed by atoms with E-state index >= 15 is 0 Å². The molecule has 0 aliphatic heterocycles. The SMILES string of the molecule is Cc1ccsc1C(Cc1ccccc1)NC(=O)Cn1cnnn1. The fourth-order valence-electron chi connectivity index (χ4n) is 2.44. The van der Waals surface area contributed by atoms with Gasteiger partial charge in [-0.05, 0) is 46.3 Å². The molecular formula is C16H17N5OS. The molecule has 0 saturated heterocycles. The Morgan fingerprint density at radius 1 is 1.30 bits per heavy atom. The van der Waals surface area contributed by atoms with Crippen LogP contribution in [-0.4, -0.2) is 26.1 Å². The molecule has 0 bridgehead atoms. The van der Waals surface area contributed by atoms with E-state index in [2.05, 4.69) is 51.3 Å². The lowest BCUT2D eigenvalue weighted by molar-refractivity contribution is -0.122. The molecule has 0 aliphatic carbocycles. The molecule has 1 N–H and O–H groups in total. The van der Waals surface area contributed by atoms with E-state index < -0.39 is 0 Å². The minimum Gasteiger partial charge on any atom is -0.347 e. The van der Waals surface area contributed by atoms with E-state index in [9.17, 15) is 4.79 Å². The number of nitrogens with one attached hydrogen (secondary N) is 1. The molecule has 3 rings (SSSR count). The number of rotatable bonds is 6. The Morgan fingerprint density at radius 2 is 2.13 bits per heavy atom. The summed E-state index contributed by atoms with van der Waals surface area (Å²) < 4.78 is 1.41. The molecule has 7 heteroatoms. The topological polar surface area (TPSA) is 72.7 Å². The second kappa shape index (κ2) is 7.15. The smallest absolute Gasteiger partial charge is 0.242 e. The second-order valence-corrected chi connectivity index (χ2v) is 6.23. The number of aryl methyl sites for hydroxylation is 1. The molecule has 3 aromatic rings. The normalized spacial score (nSPS) is 12.0. The summed E-state index contributed by atoms with van der Waals surface area (Å²) in [6.45, 7) is 2.18. The predicted molar refractivity (Wildman–Crippen MR) is 87.9 cm³/mol. The maximum absolute atomic E-state index is 12.3. The summed E-state index contributed by atoms with van der Waals surface area (Å²) >= 11 is 1.67. The van der Waals surface area contributed by atoms with Crippen LogP contribution in [0.4, 0.5) is 0 Å². The first-order chi connectivity index (χ1) is 11.2. The van der Waals surface area contributed by atoms with Gasteiger partial charge in [-0.15, -0.1) is 16.4 Å². The molecule has 1 aromatic carbocycles. The first-order valence-corrected chi connectivity index (χ1v) is 8.18. The molecule has 2 heterocycles. The van der Waals surface area contributed by atoms with Gasteiger partial charge >= 0.3 is 0 Å². The van der Waals surface area contributed by atoms with Gasteiger partial charge in [-0.1, -0.05) is 30.3 Å². The van der Waals surface area contributed by atoms with Crippen molar-refractivity contribution < 1.29 is 4.79 Å². The van der Waals surface area contributed by atoms with Gasteiger partial charge in [0, 0.05) is 4.88 Å². The lowest BCUT2D eigenvalue weighted by Gasteiger charge is -2.19. The van der Waals surface area contributed by atoms with Gasteiger partial charge in [0.15, 0.2) is 0 Å². The van der Waals surface area contributed by atoms with E-state index in [1.165, 1.54) is 27.0 Å². The zero-order chi connectivity index (χ0) is 16.1. The highest BCUT2D eigenvalue weighted by molar-refractivity contribution is 7.10. The molecular weight excluding hydrogens is 310 g/mol. The number of nitrogens with zero attached hydrogens (tertiary/aromatic N) is 4. The van der Waals surface area contributed by atoms with Crippen molar-refractivity contribution in [1.29, 1.82) is 0 Å². The number of carbonyl (C=O) groups is 1. The summed E-state index contributed by atoms with van der Waals surface area (Å²) in [6.07, 6.45) is 2.19. The van der Waals surface area contributed by atoms with Crippen LogP contribution in [-0.2, 0) is 17.8 Å². The lowest BCUT2D eigenvalue weighted by atomic mass is 10.0. The summed E-state index contributed by atoms with van der Waals surface area (Å²) in [5.74, 6) is -0.106. The molecule has 0 spiro atoms. The predicted octanol–water partition coefficient (Wildman–Crippen LogP) is 2.14. The summed E-state index contributed by atoms with van der Waals surface area (Å²) in [5.41, 5.74) is 2.38. The minimum absolute atomic E-state index is 0.0543. The van der Waals surface area contributed by atoms with E-state index in [0.29, 0.717) is 0 Å². The molecule has 1 unspecified atom stereocenters. The number of amides is 1. The summed E-state index contributed by atoms with van der Waals surface area (Å²) in [5, 5.41) is 16.0. The molecule has 6 nitrogen and oxygen atoms in total. The van der Waals surface area contributed by atoms with Gasteiger partial charge in [0.05, 0.1) is 6.04 Å². The zero-order valence-corrected chi connectivity index (χ0v) is 13.5. The Hall–Kier alpha value is -2.54. The fourth-order valence-corrected chi connectivity index (χ4v) is 3.42. The van der Waals surface area contributed by atoms with Crippen LogP contribution in [0.2, 0.25) is 0 Å². The number of thiophene rings is 1. The van der Waals surface area contributed by atoms with E-state index in [1.807, 2.05) is 18.2 Å². The fraction of sp³-hybridized carbons (Fsp3) is 0.250. The van der Waals surface area contributed by atoms with Crippen LogP contribution in [0.15, 0.2) is 48.1 Å².